The van der Waals surface area contributed by atoms with E-state index in [-0.39, 0.29) is 5.56 Å². The zero-order valence-electron chi connectivity index (χ0n) is 12.5. The Kier molecular flexibility index (Phi) is 5.67. The van der Waals surface area contributed by atoms with Crippen LogP contribution in [0.3, 0.4) is 0 Å². The highest BCUT2D eigenvalue weighted by Crippen LogP contribution is 2.19. The SMILES string of the molecule is CCNCCNc1ncc(C(N)=O)c(Nc2ccccc2)n1. The number of nitrogens with zero attached hydrogens (tertiary/aromatic N) is 2. The molecule has 7 nitrogen and oxygen atoms in total. The lowest BCUT2D eigenvalue weighted by Crippen LogP contribution is -2.23. The van der Waals surface area contributed by atoms with Crippen molar-refractivity contribution in [2.45, 2.75) is 6.92 Å². The van der Waals surface area contributed by atoms with E-state index in [9.17, 15) is 4.79 Å². The van der Waals surface area contributed by atoms with Gasteiger partial charge in [0, 0.05) is 25.0 Å². The fourth-order valence-corrected chi connectivity index (χ4v) is 1.84. The topological polar surface area (TPSA) is 105 Å². The predicted molar refractivity (Wildman–Crippen MR) is 87.3 cm³/mol. The Morgan fingerprint density at radius 1 is 1.23 bits per heavy atom. The van der Waals surface area contributed by atoms with Crippen molar-refractivity contribution in [3.8, 4) is 0 Å². The second kappa shape index (κ2) is 7.94. The van der Waals surface area contributed by atoms with Gasteiger partial charge in [0.2, 0.25) is 5.95 Å². The number of hydrogen-bond acceptors (Lipinski definition) is 6. The number of hydrogen-bond donors (Lipinski definition) is 4. The van der Waals surface area contributed by atoms with Crippen LogP contribution in [0.25, 0.3) is 0 Å². The smallest absolute Gasteiger partial charge is 0.254 e. The van der Waals surface area contributed by atoms with E-state index in [4.69, 9.17) is 5.73 Å². The molecule has 0 unspecified atom stereocenters. The molecule has 116 valence electrons. The van der Waals surface area contributed by atoms with Crippen LogP contribution in [0.5, 0.6) is 0 Å². The summed E-state index contributed by atoms with van der Waals surface area (Å²) in [6, 6.07) is 9.45. The van der Waals surface area contributed by atoms with Crippen LogP contribution < -0.4 is 21.7 Å². The van der Waals surface area contributed by atoms with Gasteiger partial charge < -0.3 is 21.7 Å². The molecule has 1 amide bonds. The summed E-state index contributed by atoms with van der Waals surface area (Å²) in [4.78, 5) is 19.9. The Hall–Kier alpha value is -2.67. The Morgan fingerprint density at radius 3 is 2.68 bits per heavy atom. The van der Waals surface area contributed by atoms with Gasteiger partial charge in [-0.15, -0.1) is 0 Å². The van der Waals surface area contributed by atoms with Crippen LogP contribution >= 0.6 is 0 Å². The molecule has 0 bridgehead atoms. The number of anilines is 3. The highest BCUT2D eigenvalue weighted by Gasteiger charge is 2.12. The van der Waals surface area contributed by atoms with Crippen LogP contribution in [0.1, 0.15) is 17.3 Å². The summed E-state index contributed by atoms with van der Waals surface area (Å²) in [5, 5.41) is 9.38. The van der Waals surface area contributed by atoms with E-state index >= 15 is 0 Å². The molecule has 0 fully saturated rings. The lowest BCUT2D eigenvalue weighted by molar-refractivity contribution is 0.100. The summed E-state index contributed by atoms with van der Waals surface area (Å²) in [6.07, 6.45) is 1.43. The molecule has 22 heavy (non-hydrogen) atoms. The van der Waals surface area contributed by atoms with Gasteiger partial charge in [-0.25, -0.2) is 4.98 Å². The van der Waals surface area contributed by atoms with Crippen molar-refractivity contribution in [3.05, 3.63) is 42.1 Å². The first-order chi connectivity index (χ1) is 10.7. The zero-order chi connectivity index (χ0) is 15.8. The quantitative estimate of drug-likeness (QED) is 0.548. The number of carbonyl (C=O) groups excluding carboxylic acids is 1. The van der Waals surface area contributed by atoms with Crippen molar-refractivity contribution >= 4 is 23.4 Å². The van der Waals surface area contributed by atoms with Crippen LogP contribution in [0.4, 0.5) is 17.5 Å². The maximum absolute atomic E-state index is 11.5. The number of para-hydroxylation sites is 1. The van der Waals surface area contributed by atoms with E-state index in [1.165, 1.54) is 6.20 Å². The minimum atomic E-state index is -0.572. The van der Waals surface area contributed by atoms with Crippen molar-refractivity contribution in [1.82, 2.24) is 15.3 Å². The molecule has 0 aliphatic heterocycles. The number of primary amides is 1. The van der Waals surface area contributed by atoms with E-state index < -0.39 is 5.91 Å². The molecule has 0 radical (unpaired) electrons. The van der Waals surface area contributed by atoms with Gasteiger partial charge in [0.05, 0.1) is 0 Å². The molecular weight excluding hydrogens is 280 g/mol. The fraction of sp³-hybridized carbons (Fsp3) is 0.267. The summed E-state index contributed by atoms with van der Waals surface area (Å²) < 4.78 is 0. The zero-order valence-corrected chi connectivity index (χ0v) is 12.5. The second-order valence-electron chi connectivity index (χ2n) is 4.59. The van der Waals surface area contributed by atoms with Gasteiger partial charge in [-0.05, 0) is 18.7 Å². The summed E-state index contributed by atoms with van der Waals surface area (Å²) in [5.74, 6) is 0.263. The molecule has 0 saturated carbocycles. The number of nitrogens with two attached hydrogens (primary N) is 1. The molecular formula is C15H20N6O. The van der Waals surface area contributed by atoms with Crippen molar-refractivity contribution in [1.29, 1.82) is 0 Å². The highest BCUT2D eigenvalue weighted by molar-refractivity contribution is 5.98. The maximum atomic E-state index is 11.5. The number of carbonyl (C=O) groups is 1. The third-order valence-corrected chi connectivity index (χ3v) is 2.93. The minimum Gasteiger partial charge on any atom is -0.365 e. The van der Waals surface area contributed by atoms with Gasteiger partial charge in [0.15, 0.2) is 0 Å². The number of nitrogens with one attached hydrogen (secondary N) is 3. The summed E-state index contributed by atoms with van der Waals surface area (Å²) in [7, 11) is 0. The van der Waals surface area contributed by atoms with Crippen molar-refractivity contribution < 1.29 is 4.79 Å². The van der Waals surface area contributed by atoms with Gasteiger partial charge in [0.1, 0.15) is 11.4 Å². The fourth-order valence-electron chi connectivity index (χ4n) is 1.84. The van der Waals surface area contributed by atoms with Crippen molar-refractivity contribution in [3.63, 3.8) is 0 Å². The van der Waals surface area contributed by atoms with Crippen LogP contribution in [-0.4, -0.2) is 35.5 Å². The van der Waals surface area contributed by atoms with E-state index in [2.05, 4.69) is 25.9 Å². The van der Waals surface area contributed by atoms with E-state index in [0.29, 0.717) is 18.3 Å². The molecule has 2 aromatic rings. The third kappa shape index (κ3) is 4.42. The second-order valence-corrected chi connectivity index (χ2v) is 4.59. The predicted octanol–water partition coefficient (Wildman–Crippen LogP) is 1.34. The number of aromatic nitrogens is 2. The molecule has 1 aromatic carbocycles. The first-order valence-electron chi connectivity index (χ1n) is 7.14. The van der Waals surface area contributed by atoms with Crippen molar-refractivity contribution in [2.75, 3.05) is 30.3 Å². The maximum Gasteiger partial charge on any atom is 0.254 e. The molecule has 0 aliphatic rings. The van der Waals surface area contributed by atoms with Gasteiger partial charge in [-0.3, -0.25) is 4.79 Å². The third-order valence-electron chi connectivity index (χ3n) is 2.93. The van der Waals surface area contributed by atoms with E-state index in [0.717, 1.165) is 18.8 Å². The number of rotatable bonds is 8. The van der Waals surface area contributed by atoms with Gasteiger partial charge in [-0.1, -0.05) is 25.1 Å². The highest BCUT2D eigenvalue weighted by atomic mass is 16.1. The van der Waals surface area contributed by atoms with Crippen LogP contribution in [0.15, 0.2) is 36.5 Å². The van der Waals surface area contributed by atoms with Gasteiger partial charge in [0.25, 0.3) is 5.91 Å². The first-order valence-corrected chi connectivity index (χ1v) is 7.14. The summed E-state index contributed by atoms with van der Waals surface area (Å²) in [6.45, 7) is 4.44. The minimum absolute atomic E-state index is 0.251. The van der Waals surface area contributed by atoms with Crippen LogP contribution in [-0.2, 0) is 0 Å². The van der Waals surface area contributed by atoms with E-state index in [1.54, 1.807) is 0 Å². The lowest BCUT2D eigenvalue weighted by Gasteiger charge is -2.11. The average Bonchev–Trinajstić information content (AvgIpc) is 2.52. The molecule has 2 rings (SSSR count). The number of benzene rings is 1. The molecule has 1 heterocycles. The lowest BCUT2D eigenvalue weighted by atomic mass is 10.2. The standard InChI is InChI=1S/C15H20N6O/c1-2-17-8-9-18-15-19-10-12(13(16)22)14(21-15)20-11-6-4-3-5-7-11/h3-7,10,17H,2,8-9H2,1H3,(H2,16,22)(H2,18,19,20,21). The Morgan fingerprint density at radius 2 is 2.00 bits per heavy atom. The Balaban J connectivity index is 2.15. The average molecular weight is 300 g/mol. The first kappa shape index (κ1) is 15.7. The number of amides is 1. The normalized spacial score (nSPS) is 10.2. The molecule has 7 heteroatoms. The summed E-state index contributed by atoms with van der Waals surface area (Å²) in [5.41, 5.74) is 6.44. The summed E-state index contributed by atoms with van der Waals surface area (Å²) >= 11 is 0. The molecule has 0 saturated heterocycles. The van der Waals surface area contributed by atoms with E-state index in [1.807, 2.05) is 37.3 Å². The molecule has 0 aliphatic carbocycles. The molecule has 0 spiro atoms. The van der Waals surface area contributed by atoms with Crippen LogP contribution in [0, 0.1) is 0 Å². The number of likely N-dealkylation sites (N-methyl/N-ethyl adjacent to an activating group) is 1. The monoisotopic (exact) mass is 300 g/mol. The largest absolute Gasteiger partial charge is 0.365 e. The van der Waals surface area contributed by atoms with Crippen molar-refractivity contribution in [2.24, 2.45) is 5.73 Å². The van der Waals surface area contributed by atoms with Crippen LogP contribution in [0.2, 0.25) is 0 Å². The molecule has 5 N–H and O–H groups in total. The molecule has 1 aromatic heterocycles. The Bertz CT molecular complexity index is 617. The van der Waals surface area contributed by atoms with Gasteiger partial charge >= 0.3 is 0 Å². The molecule has 0 atom stereocenters. The van der Waals surface area contributed by atoms with Gasteiger partial charge in [-0.2, -0.15) is 4.98 Å². The Labute approximate surface area is 129 Å².